The summed E-state index contributed by atoms with van der Waals surface area (Å²) in [6, 6.07) is 3.21. The predicted molar refractivity (Wildman–Crippen MR) is 44.6 cm³/mol. The lowest BCUT2D eigenvalue weighted by atomic mass is 10.3. The summed E-state index contributed by atoms with van der Waals surface area (Å²) in [4.78, 5) is 10.5. The average molecular weight is 199 g/mol. The van der Waals surface area contributed by atoms with Gasteiger partial charge >= 0.3 is 0 Å². The Hall–Kier alpha value is -0.940. The van der Waals surface area contributed by atoms with Crippen LogP contribution in [0, 0.1) is 0 Å². The first-order valence-corrected chi connectivity index (χ1v) is 5.03. The van der Waals surface area contributed by atoms with Crippen LogP contribution in [0.4, 0.5) is 0 Å². The molecule has 0 aliphatic carbocycles. The van der Waals surface area contributed by atoms with Crippen molar-refractivity contribution in [2.24, 2.45) is 0 Å². The highest BCUT2D eigenvalue weighted by Crippen LogP contribution is 2.26. The third-order valence-corrected chi connectivity index (χ3v) is 3.29. The van der Waals surface area contributed by atoms with Gasteiger partial charge in [0.2, 0.25) is 0 Å². The van der Waals surface area contributed by atoms with Gasteiger partial charge in [-0.05, 0) is 12.1 Å². The fraction of sp³-hybridized carbons (Fsp3) is 0.375. The monoisotopic (exact) mass is 199 g/mol. The number of furan rings is 1. The molecule has 1 aliphatic rings. The van der Waals surface area contributed by atoms with Gasteiger partial charge in [0.05, 0.1) is 12.0 Å². The lowest BCUT2D eigenvalue weighted by Crippen LogP contribution is -2.90. The second-order valence-electron chi connectivity index (χ2n) is 2.89. The van der Waals surface area contributed by atoms with Gasteiger partial charge in [0.25, 0.3) is 0 Å². The Balaban J connectivity index is 2.03. The molecule has 13 heavy (non-hydrogen) atoms. The highest BCUT2D eigenvalue weighted by atomic mass is 32.2. The number of nitrogens with two attached hydrogens (primary N) is 1. The largest absolute Gasteiger partial charge is 0.544 e. The Kier molecular flexibility index (Phi) is 2.28. The summed E-state index contributed by atoms with van der Waals surface area (Å²) >= 11 is 1.57. The van der Waals surface area contributed by atoms with Crippen LogP contribution in [0.3, 0.4) is 0 Å². The Morgan fingerprint density at radius 3 is 3.15 bits per heavy atom. The van der Waals surface area contributed by atoms with Crippen molar-refractivity contribution in [2.75, 3.05) is 5.75 Å². The number of thioether (sulfide) groups is 1. The van der Waals surface area contributed by atoms with E-state index in [0.29, 0.717) is 5.75 Å². The summed E-state index contributed by atoms with van der Waals surface area (Å²) < 4.78 is 5.18. The maximum atomic E-state index is 10.5. The van der Waals surface area contributed by atoms with E-state index in [1.807, 2.05) is 6.07 Å². The van der Waals surface area contributed by atoms with Crippen LogP contribution in [0.15, 0.2) is 22.8 Å². The zero-order valence-electron chi connectivity index (χ0n) is 6.80. The third-order valence-electron chi connectivity index (χ3n) is 1.99. The van der Waals surface area contributed by atoms with E-state index < -0.39 is 12.0 Å². The van der Waals surface area contributed by atoms with Gasteiger partial charge in [-0.2, -0.15) is 0 Å². The van der Waals surface area contributed by atoms with E-state index in [4.69, 9.17) is 4.42 Å². The van der Waals surface area contributed by atoms with E-state index in [1.165, 1.54) is 0 Å². The molecule has 0 saturated carbocycles. The molecule has 2 rings (SSSR count). The van der Waals surface area contributed by atoms with E-state index in [1.54, 1.807) is 29.4 Å². The van der Waals surface area contributed by atoms with Crippen LogP contribution in [0.25, 0.3) is 0 Å². The predicted octanol–water partition coefficient (Wildman–Crippen LogP) is -1.29. The van der Waals surface area contributed by atoms with Crippen LogP contribution >= 0.6 is 11.8 Å². The molecule has 0 spiro atoms. The average Bonchev–Trinajstić information content (AvgIpc) is 2.75. The number of carbonyl (C=O) groups is 1. The molecule has 0 amide bonds. The van der Waals surface area contributed by atoms with Gasteiger partial charge in [-0.15, -0.1) is 0 Å². The van der Waals surface area contributed by atoms with Crippen LogP contribution in [0.2, 0.25) is 0 Å². The van der Waals surface area contributed by atoms with Crippen LogP contribution in [0.5, 0.6) is 0 Å². The molecular formula is C8H9NO3S. The van der Waals surface area contributed by atoms with E-state index in [9.17, 15) is 9.90 Å². The molecule has 2 atom stereocenters. The first kappa shape index (κ1) is 8.65. The maximum absolute atomic E-state index is 10.5. The molecule has 1 aliphatic heterocycles. The number of rotatable bonds is 2. The Morgan fingerprint density at radius 2 is 2.62 bits per heavy atom. The van der Waals surface area contributed by atoms with Gasteiger partial charge in [0, 0.05) is 0 Å². The molecule has 0 radical (unpaired) electrons. The van der Waals surface area contributed by atoms with Crippen molar-refractivity contribution < 1.29 is 19.6 Å². The normalized spacial score (nSPS) is 27.7. The number of carboxylic acids is 1. The zero-order valence-corrected chi connectivity index (χ0v) is 7.62. The number of hydrogen-bond acceptors (Lipinski definition) is 4. The van der Waals surface area contributed by atoms with Crippen molar-refractivity contribution in [3.05, 3.63) is 24.2 Å². The summed E-state index contributed by atoms with van der Waals surface area (Å²) in [6.07, 6.45) is 1.59. The molecule has 70 valence electrons. The molecule has 2 heterocycles. The summed E-state index contributed by atoms with van der Waals surface area (Å²) in [6.45, 7) is 0. The van der Waals surface area contributed by atoms with Crippen LogP contribution < -0.4 is 10.4 Å². The molecule has 1 saturated heterocycles. The molecule has 2 N–H and O–H groups in total. The number of carbonyl (C=O) groups excluding carboxylic acids is 1. The van der Waals surface area contributed by atoms with E-state index >= 15 is 0 Å². The van der Waals surface area contributed by atoms with Crippen molar-refractivity contribution in [3.8, 4) is 0 Å². The lowest BCUT2D eigenvalue weighted by Gasteiger charge is -2.08. The highest BCUT2D eigenvalue weighted by molar-refractivity contribution is 7.99. The van der Waals surface area contributed by atoms with Gasteiger partial charge in [-0.25, -0.2) is 0 Å². The van der Waals surface area contributed by atoms with Crippen molar-refractivity contribution in [1.29, 1.82) is 0 Å². The minimum atomic E-state index is -0.999. The molecular weight excluding hydrogens is 190 g/mol. The summed E-state index contributed by atoms with van der Waals surface area (Å²) in [5.41, 5.74) is 0. The zero-order chi connectivity index (χ0) is 9.26. The van der Waals surface area contributed by atoms with Crippen LogP contribution in [0.1, 0.15) is 11.1 Å². The molecule has 0 bridgehead atoms. The molecule has 4 nitrogen and oxygen atoms in total. The second kappa shape index (κ2) is 3.43. The van der Waals surface area contributed by atoms with Gasteiger partial charge in [0.15, 0.2) is 11.1 Å². The molecule has 0 unspecified atom stereocenters. The number of carboxylic acid groups (broad SMARTS) is 1. The second-order valence-corrected chi connectivity index (χ2v) is 4.06. The minimum Gasteiger partial charge on any atom is -0.544 e. The fourth-order valence-corrected chi connectivity index (χ4v) is 2.57. The summed E-state index contributed by atoms with van der Waals surface area (Å²) in [5, 5.41) is 12.4. The highest BCUT2D eigenvalue weighted by Gasteiger charge is 2.32. The van der Waals surface area contributed by atoms with E-state index in [2.05, 4.69) is 0 Å². The van der Waals surface area contributed by atoms with Gasteiger partial charge in [-0.1, -0.05) is 11.8 Å². The first-order valence-electron chi connectivity index (χ1n) is 3.98. The van der Waals surface area contributed by atoms with Crippen molar-refractivity contribution in [2.45, 2.75) is 11.4 Å². The van der Waals surface area contributed by atoms with E-state index in [0.717, 1.165) is 5.76 Å². The first-order chi connectivity index (χ1) is 6.27. The Bertz CT molecular complexity index is 298. The molecule has 1 aromatic rings. The minimum absolute atomic E-state index is 0.0675. The van der Waals surface area contributed by atoms with Gasteiger partial charge < -0.3 is 19.6 Å². The van der Waals surface area contributed by atoms with E-state index in [-0.39, 0.29) is 5.37 Å². The van der Waals surface area contributed by atoms with Gasteiger partial charge in [0.1, 0.15) is 12.0 Å². The standard InChI is InChI=1S/C8H9NO3S/c10-8(11)5-4-13-7(9-5)6-2-1-3-12-6/h1-3,5,7,9H,4H2,(H,10,11)/t5-,7-/m1/s1. The molecule has 1 fully saturated rings. The van der Waals surface area contributed by atoms with Crippen molar-refractivity contribution >= 4 is 17.7 Å². The SMILES string of the molecule is O=C([O-])[C@H]1CS[C@H](c2ccco2)[NH2+]1. The lowest BCUT2D eigenvalue weighted by molar-refractivity contribution is -0.691. The quantitative estimate of drug-likeness (QED) is 0.643. The summed E-state index contributed by atoms with van der Waals surface area (Å²) in [7, 11) is 0. The Morgan fingerprint density at radius 1 is 1.77 bits per heavy atom. The summed E-state index contributed by atoms with van der Waals surface area (Å²) in [5.74, 6) is 0.392. The van der Waals surface area contributed by atoms with Crippen molar-refractivity contribution in [1.82, 2.24) is 0 Å². The smallest absolute Gasteiger partial charge is 0.192 e. The van der Waals surface area contributed by atoms with Crippen molar-refractivity contribution in [3.63, 3.8) is 0 Å². The molecule has 5 heteroatoms. The van der Waals surface area contributed by atoms with Gasteiger partial charge in [-0.3, -0.25) is 0 Å². The number of aliphatic carboxylic acids is 1. The fourth-order valence-electron chi connectivity index (χ4n) is 1.31. The maximum Gasteiger partial charge on any atom is 0.192 e. The Labute approximate surface area is 79.3 Å². The van der Waals surface area contributed by atoms with Crippen LogP contribution in [-0.2, 0) is 4.79 Å². The topological polar surface area (TPSA) is 69.9 Å². The third kappa shape index (κ3) is 1.71. The molecule has 0 aromatic carbocycles. The molecule has 1 aromatic heterocycles. The number of quaternary nitrogens is 1. The number of hydrogen-bond donors (Lipinski definition) is 1. The van der Waals surface area contributed by atoms with Crippen LogP contribution in [-0.4, -0.2) is 17.8 Å².